The van der Waals surface area contributed by atoms with Gasteiger partial charge in [-0.15, -0.1) is 0 Å². The zero-order valence-electron chi connectivity index (χ0n) is 27.1. The molecular formula is C46H30N4. The minimum atomic E-state index is 0.912. The van der Waals surface area contributed by atoms with Gasteiger partial charge in [-0.2, -0.15) is 0 Å². The quantitative estimate of drug-likeness (QED) is 0.176. The predicted octanol–water partition coefficient (Wildman–Crippen LogP) is 11.7. The summed E-state index contributed by atoms with van der Waals surface area (Å²) in [5.41, 5.74) is 10.8. The van der Waals surface area contributed by atoms with Gasteiger partial charge in [0.15, 0.2) is 0 Å². The number of aromatic nitrogens is 4. The van der Waals surface area contributed by atoms with E-state index in [0.717, 1.165) is 67.0 Å². The number of para-hydroxylation sites is 6. The third kappa shape index (κ3) is 4.39. The van der Waals surface area contributed by atoms with Crippen LogP contribution in [-0.4, -0.2) is 19.1 Å². The van der Waals surface area contributed by atoms with Crippen molar-refractivity contribution in [2.45, 2.75) is 0 Å². The number of rotatable bonds is 5. The zero-order valence-corrected chi connectivity index (χ0v) is 27.1. The molecule has 0 radical (unpaired) electrons. The number of hydrogen-bond donors (Lipinski definition) is 0. The highest BCUT2D eigenvalue weighted by Crippen LogP contribution is 2.44. The Morgan fingerprint density at radius 1 is 0.340 bits per heavy atom. The molecule has 0 aliphatic rings. The minimum absolute atomic E-state index is 0.912. The molecule has 10 aromatic rings. The van der Waals surface area contributed by atoms with Crippen LogP contribution in [0.1, 0.15) is 0 Å². The van der Waals surface area contributed by atoms with Crippen molar-refractivity contribution in [3.63, 3.8) is 0 Å². The summed E-state index contributed by atoms with van der Waals surface area (Å²) in [5.74, 6) is 1.82. The Morgan fingerprint density at radius 3 is 1.24 bits per heavy atom. The highest BCUT2D eigenvalue weighted by atomic mass is 15.1. The first-order chi connectivity index (χ1) is 24.8. The fourth-order valence-corrected chi connectivity index (χ4v) is 7.56. The lowest BCUT2D eigenvalue weighted by Gasteiger charge is -2.18. The molecule has 10 rings (SSSR count). The lowest BCUT2D eigenvalue weighted by Crippen LogP contribution is -1.99. The van der Waals surface area contributed by atoms with Crippen LogP contribution in [0.5, 0.6) is 0 Å². The van der Waals surface area contributed by atoms with Gasteiger partial charge >= 0.3 is 0 Å². The second-order valence-electron chi connectivity index (χ2n) is 12.6. The van der Waals surface area contributed by atoms with Crippen LogP contribution in [0.15, 0.2) is 182 Å². The van der Waals surface area contributed by atoms with E-state index >= 15 is 0 Å². The highest BCUT2D eigenvalue weighted by Gasteiger charge is 2.22. The molecule has 0 N–H and O–H groups in total. The van der Waals surface area contributed by atoms with Crippen LogP contribution in [0.3, 0.4) is 0 Å². The molecule has 8 aromatic carbocycles. The number of imidazole rings is 2. The molecule has 0 amide bonds. The lowest BCUT2D eigenvalue weighted by molar-refractivity contribution is 1.10. The van der Waals surface area contributed by atoms with Crippen molar-refractivity contribution in [2.24, 2.45) is 0 Å². The summed E-state index contributed by atoms with van der Waals surface area (Å²) in [6.07, 6.45) is 0. The Bertz CT molecular complexity index is 2670. The average molecular weight is 639 g/mol. The van der Waals surface area contributed by atoms with Crippen LogP contribution in [0.2, 0.25) is 0 Å². The average Bonchev–Trinajstić information content (AvgIpc) is 3.77. The highest BCUT2D eigenvalue weighted by molar-refractivity contribution is 6.18. The van der Waals surface area contributed by atoms with Gasteiger partial charge in [-0.25, -0.2) is 9.97 Å². The summed E-state index contributed by atoms with van der Waals surface area (Å²) in [5, 5.41) is 4.64. The number of fused-ring (bicyclic) bond motifs is 4. The van der Waals surface area contributed by atoms with Crippen molar-refractivity contribution in [1.82, 2.24) is 19.1 Å². The van der Waals surface area contributed by atoms with E-state index in [0.29, 0.717) is 0 Å². The Morgan fingerprint density at radius 2 is 0.760 bits per heavy atom. The summed E-state index contributed by atoms with van der Waals surface area (Å²) < 4.78 is 4.58. The molecule has 0 atom stereocenters. The first-order valence-corrected chi connectivity index (χ1v) is 16.9. The molecule has 50 heavy (non-hydrogen) atoms. The van der Waals surface area contributed by atoms with Gasteiger partial charge in [0.05, 0.1) is 22.1 Å². The number of hydrogen-bond acceptors (Lipinski definition) is 2. The van der Waals surface area contributed by atoms with Crippen LogP contribution in [0, 0.1) is 0 Å². The molecule has 2 heterocycles. The Kier molecular flexibility index (Phi) is 6.46. The molecule has 234 valence electrons. The van der Waals surface area contributed by atoms with Crippen LogP contribution in [0.4, 0.5) is 0 Å². The summed E-state index contributed by atoms with van der Waals surface area (Å²) in [7, 11) is 0. The third-order valence-corrected chi connectivity index (χ3v) is 9.73. The zero-order chi connectivity index (χ0) is 33.0. The molecule has 0 unspecified atom stereocenters. The maximum atomic E-state index is 5.30. The van der Waals surface area contributed by atoms with Crippen molar-refractivity contribution in [3.8, 4) is 45.3 Å². The topological polar surface area (TPSA) is 35.6 Å². The van der Waals surface area contributed by atoms with Crippen molar-refractivity contribution in [2.75, 3.05) is 0 Å². The number of benzene rings is 8. The van der Waals surface area contributed by atoms with Crippen LogP contribution < -0.4 is 0 Å². The summed E-state index contributed by atoms with van der Waals surface area (Å²) in [6.45, 7) is 0. The van der Waals surface area contributed by atoms with Gasteiger partial charge in [0.1, 0.15) is 11.6 Å². The van der Waals surface area contributed by atoms with Gasteiger partial charge < -0.3 is 0 Å². The van der Waals surface area contributed by atoms with E-state index in [1.54, 1.807) is 0 Å². The molecule has 2 aromatic heterocycles. The SMILES string of the molecule is c1ccc(-c2c3cccc(-c4nc5ccccc5n4-c4ccccc4)c3cc3c(-c4nc5ccccc5n4-c4ccccc4)cccc23)cc1. The third-order valence-electron chi connectivity index (χ3n) is 9.73. The molecule has 4 nitrogen and oxygen atoms in total. The minimum Gasteiger partial charge on any atom is -0.292 e. The van der Waals surface area contributed by atoms with E-state index in [1.165, 1.54) is 21.9 Å². The second-order valence-corrected chi connectivity index (χ2v) is 12.6. The van der Waals surface area contributed by atoms with Gasteiger partial charge in [-0.3, -0.25) is 9.13 Å². The standard InChI is InChI=1S/C46H30N4/c1-4-16-31(17-5-1)44-34-22-14-24-36(45-47-40-26-10-12-28-42(40)49(45)32-18-6-2-7-19-32)38(34)30-39-35(44)23-15-25-37(39)46-48-41-27-11-13-29-43(41)50(46)33-20-8-3-9-21-33/h1-30H. The maximum Gasteiger partial charge on any atom is 0.146 e. The van der Waals surface area contributed by atoms with Crippen molar-refractivity contribution >= 4 is 43.6 Å². The molecule has 0 saturated carbocycles. The molecule has 0 aliphatic carbocycles. The van der Waals surface area contributed by atoms with Gasteiger partial charge in [0.25, 0.3) is 0 Å². The molecule has 0 aliphatic heterocycles. The molecular weight excluding hydrogens is 609 g/mol. The van der Waals surface area contributed by atoms with Crippen molar-refractivity contribution in [1.29, 1.82) is 0 Å². The summed E-state index contributed by atoms with van der Waals surface area (Å²) >= 11 is 0. The number of nitrogens with zero attached hydrogens (tertiary/aromatic N) is 4. The largest absolute Gasteiger partial charge is 0.292 e. The van der Waals surface area contributed by atoms with Crippen LogP contribution in [-0.2, 0) is 0 Å². The van der Waals surface area contributed by atoms with Gasteiger partial charge in [-0.1, -0.05) is 127 Å². The molecule has 0 saturated heterocycles. The second kappa shape index (κ2) is 11.4. The van der Waals surface area contributed by atoms with Gasteiger partial charge in [-0.05, 0) is 87.3 Å². The van der Waals surface area contributed by atoms with Crippen LogP contribution >= 0.6 is 0 Å². The molecule has 0 bridgehead atoms. The Balaban J connectivity index is 1.35. The molecule has 0 fully saturated rings. The fraction of sp³-hybridized carbons (Fsp3) is 0. The monoisotopic (exact) mass is 638 g/mol. The van der Waals surface area contributed by atoms with Gasteiger partial charge in [0, 0.05) is 22.5 Å². The van der Waals surface area contributed by atoms with Gasteiger partial charge in [0.2, 0.25) is 0 Å². The Labute approximate surface area is 289 Å². The Hall–Kier alpha value is -6.78. The van der Waals surface area contributed by atoms with E-state index in [4.69, 9.17) is 9.97 Å². The fourth-order valence-electron chi connectivity index (χ4n) is 7.56. The van der Waals surface area contributed by atoms with Crippen molar-refractivity contribution in [3.05, 3.63) is 182 Å². The summed E-state index contributed by atoms with van der Waals surface area (Å²) in [4.78, 5) is 10.6. The smallest absolute Gasteiger partial charge is 0.146 e. The maximum absolute atomic E-state index is 5.30. The normalized spacial score (nSPS) is 11.6. The van der Waals surface area contributed by atoms with Crippen molar-refractivity contribution < 1.29 is 0 Å². The molecule has 4 heteroatoms. The first-order valence-electron chi connectivity index (χ1n) is 16.9. The van der Waals surface area contributed by atoms with E-state index in [2.05, 4.69) is 191 Å². The van der Waals surface area contributed by atoms with E-state index in [9.17, 15) is 0 Å². The van der Waals surface area contributed by atoms with Crippen LogP contribution in [0.25, 0.3) is 88.9 Å². The predicted molar refractivity (Wildman–Crippen MR) is 207 cm³/mol. The molecule has 0 spiro atoms. The lowest BCUT2D eigenvalue weighted by atomic mass is 9.88. The van der Waals surface area contributed by atoms with E-state index < -0.39 is 0 Å². The summed E-state index contributed by atoms with van der Waals surface area (Å²) in [6, 6.07) is 64.3. The first kappa shape index (κ1) is 28.3. The van der Waals surface area contributed by atoms with E-state index in [-0.39, 0.29) is 0 Å². The van der Waals surface area contributed by atoms with E-state index in [1.807, 2.05) is 0 Å².